The second kappa shape index (κ2) is 6.60. The second-order valence-corrected chi connectivity index (χ2v) is 7.45. The van der Waals surface area contributed by atoms with Gasteiger partial charge in [0.05, 0.1) is 11.6 Å². The van der Waals surface area contributed by atoms with Crippen molar-refractivity contribution in [2.45, 2.75) is 57.2 Å². The first-order chi connectivity index (χ1) is 10.5. The predicted molar refractivity (Wildman–Crippen MR) is 86.4 cm³/mol. The van der Waals surface area contributed by atoms with Crippen LogP contribution in [-0.2, 0) is 0 Å². The number of rotatable bonds is 6. The number of hydrogen-bond donors (Lipinski definition) is 2. The molecule has 2 fully saturated rings. The quantitative estimate of drug-likeness (QED) is 0.838. The molecule has 1 unspecified atom stereocenters. The lowest BCUT2D eigenvalue weighted by atomic mass is 10.0. The molecule has 2 N–H and O–H groups in total. The summed E-state index contributed by atoms with van der Waals surface area (Å²) in [5, 5.41) is 13.7. The maximum absolute atomic E-state index is 9.94. The van der Waals surface area contributed by atoms with Gasteiger partial charge in [-0.25, -0.2) is 9.97 Å². The van der Waals surface area contributed by atoms with E-state index in [1.54, 1.807) is 0 Å². The molecule has 2 heterocycles. The van der Waals surface area contributed by atoms with Crippen molar-refractivity contribution in [1.82, 2.24) is 20.2 Å². The molecule has 1 saturated heterocycles. The molecule has 1 aliphatic carbocycles. The van der Waals surface area contributed by atoms with Crippen molar-refractivity contribution in [3.05, 3.63) is 24.3 Å². The summed E-state index contributed by atoms with van der Waals surface area (Å²) in [6.07, 6.45) is 8.51. The molecule has 1 saturated carbocycles. The molecule has 0 amide bonds. The summed E-state index contributed by atoms with van der Waals surface area (Å²) in [7, 11) is 0. The van der Waals surface area contributed by atoms with E-state index < -0.39 is 5.60 Å². The molecular weight excluding hydrogens is 276 g/mol. The van der Waals surface area contributed by atoms with Gasteiger partial charge in [0.25, 0.3) is 0 Å². The molecular formula is C17H28N4O. The Morgan fingerprint density at radius 2 is 1.86 bits per heavy atom. The normalized spacial score (nSPS) is 22.7. The van der Waals surface area contributed by atoms with E-state index in [2.05, 4.69) is 20.2 Å². The van der Waals surface area contributed by atoms with Crippen LogP contribution < -0.4 is 5.32 Å². The van der Waals surface area contributed by atoms with Gasteiger partial charge in [-0.05, 0) is 64.6 Å². The number of aliphatic hydroxyl groups is 1. The fraction of sp³-hybridized carbons (Fsp3) is 0.765. The number of likely N-dealkylation sites (tertiary alicyclic amines) is 1. The monoisotopic (exact) mass is 304 g/mol. The Morgan fingerprint density at radius 1 is 1.23 bits per heavy atom. The van der Waals surface area contributed by atoms with Crippen molar-refractivity contribution in [3.8, 4) is 0 Å². The molecule has 0 radical (unpaired) electrons. The molecule has 0 aromatic carbocycles. The van der Waals surface area contributed by atoms with Crippen molar-refractivity contribution in [1.29, 1.82) is 0 Å². The van der Waals surface area contributed by atoms with Gasteiger partial charge in [0.15, 0.2) is 0 Å². The molecule has 2 aliphatic rings. The van der Waals surface area contributed by atoms with Gasteiger partial charge < -0.3 is 15.3 Å². The lowest BCUT2D eigenvalue weighted by molar-refractivity contribution is 0.0262. The summed E-state index contributed by atoms with van der Waals surface area (Å²) in [5.74, 6) is 1.65. The molecule has 5 nitrogen and oxygen atoms in total. The van der Waals surface area contributed by atoms with E-state index in [1.165, 1.54) is 12.8 Å². The van der Waals surface area contributed by atoms with E-state index >= 15 is 0 Å². The summed E-state index contributed by atoms with van der Waals surface area (Å²) in [4.78, 5) is 11.3. The van der Waals surface area contributed by atoms with Crippen molar-refractivity contribution in [2.24, 2.45) is 5.92 Å². The molecule has 1 aromatic heterocycles. The average Bonchev–Trinajstić information content (AvgIpc) is 3.30. The van der Waals surface area contributed by atoms with Crippen molar-refractivity contribution in [3.63, 3.8) is 0 Å². The largest absolute Gasteiger partial charge is 0.389 e. The third-order valence-electron chi connectivity index (χ3n) is 4.57. The highest BCUT2D eigenvalue weighted by Gasteiger charge is 2.36. The zero-order valence-electron chi connectivity index (χ0n) is 13.7. The van der Waals surface area contributed by atoms with Crippen LogP contribution in [-0.4, -0.2) is 51.3 Å². The van der Waals surface area contributed by atoms with Gasteiger partial charge in [-0.1, -0.05) is 0 Å². The Bertz CT molecular complexity index is 461. The maximum atomic E-state index is 9.94. The number of nitrogens with zero attached hydrogens (tertiary/aromatic N) is 3. The van der Waals surface area contributed by atoms with Gasteiger partial charge >= 0.3 is 0 Å². The Balaban J connectivity index is 1.53. The predicted octanol–water partition coefficient (Wildman–Crippen LogP) is 1.75. The first-order valence-corrected chi connectivity index (χ1v) is 8.49. The maximum Gasteiger partial charge on any atom is 0.145 e. The van der Waals surface area contributed by atoms with Gasteiger partial charge in [-0.15, -0.1) is 0 Å². The SMILES string of the molecule is CC(C)(O)CN1CCC(NC(c2ncccn2)C2CC2)CC1. The highest BCUT2D eigenvalue weighted by atomic mass is 16.3. The van der Waals surface area contributed by atoms with E-state index in [-0.39, 0.29) is 0 Å². The minimum Gasteiger partial charge on any atom is -0.389 e. The van der Waals surface area contributed by atoms with Gasteiger partial charge in [-0.2, -0.15) is 0 Å². The standard InChI is InChI=1S/C17H28N4O/c1-17(2,22)12-21-10-6-14(7-11-21)20-15(13-4-5-13)16-18-8-3-9-19-16/h3,8-9,13-15,20,22H,4-7,10-12H2,1-2H3. The van der Waals surface area contributed by atoms with Crippen LogP contribution in [0.4, 0.5) is 0 Å². The molecule has 3 rings (SSSR count). The van der Waals surface area contributed by atoms with E-state index in [9.17, 15) is 5.11 Å². The zero-order valence-corrected chi connectivity index (χ0v) is 13.7. The van der Waals surface area contributed by atoms with Crippen molar-refractivity contribution in [2.75, 3.05) is 19.6 Å². The lowest BCUT2D eigenvalue weighted by Gasteiger charge is -2.36. The van der Waals surface area contributed by atoms with E-state index in [4.69, 9.17) is 0 Å². The smallest absolute Gasteiger partial charge is 0.145 e. The highest BCUT2D eigenvalue weighted by molar-refractivity contribution is 5.03. The Labute approximate surface area is 133 Å². The second-order valence-electron chi connectivity index (χ2n) is 7.45. The number of β-amino-alcohol motifs (C(OH)–C–C–N with tert-alkyl or cyclic N) is 1. The van der Waals surface area contributed by atoms with Crippen LogP contribution in [0.3, 0.4) is 0 Å². The van der Waals surface area contributed by atoms with Crippen LogP contribution >= 0.6 is 0 Å². The molecule has 22 heavy (non-hydrogen) atoms. The van der Waals surface area contributed by atoms with Gasteiger partial charge in [-0.3, -0.25) is 0 Å². The third kappa shape index (κ3) is 4.48. The van der Waals surface area contributed by atoms with Crippen LogP contribution in [0, 0.1) is 5.92 Å². The fourth-order valence-electron chi connectivity index (χ4n) is 3.38. The summed E-state index contributed by atoms with van der Waals surface area (Å²) in [6, 6.07) is 2.72. The molecule has 5 heteroatoms. The van der Waals surface area contributed by atoms with Gasteiger partial charge in [0.2, 0.25) is 0 Å². The number of hydrogen-bond acceptors (Lipinski definition) is 5. The number of piperidine rings is 1. The first-order valence-electron chi connectivity index (χ1n) is 8.49. The lowest BCUT2D eigenvalue weighted by Crippen LogP contribution is -2.48. The summed E-state index contributed by atoms with van der Waals surface area (Å²) >= 11 is 0. The van der Waals surface area contributed by atoms with E-state index in [0.717, 1.165) is 38.3 Å². The molecule has 1 aliphatic heterocycles. The fourth-order valence-corrected chi connectivity index (χ4v) is 3.38. The van der Waals surface area contributed by atoms with Crippen molar-refractivity contribution < 1.29 is 5.11 Å². The molecule has 1 atom stereocenters. The van der Waals surface area contributed by atoms with Crippen LogP contribution in [0.1, 0.15) is 51.4 Å². The van der Waals surface area contributed by atoms with E-state index in [1.807, 2.05) is 32.3 Å². The van der Waals surface area contributed by atoms with Crippen LogP contribution in [0.2, 0.25) is 0 Å². The first kappa shape index (κ1) is 15.8. The highest BCUT2D eigenvalue weighted by Crippen LogP contribution is 2.40. The summed E-state index contributed by atoms with van der Waals surface area (Å²) < 4.78 is 0. The summed E-state index contributed by atoms with van der Waals surface area (Å²) in [6.45, 7) is 6.62. The minimum atomic E-state index is -0.602. The van der Waals surface area contributed by atoms with Crippen LogP contribution in [0.5, 0.6) is 0 Å². The topological polar surface area (TPSA) is 61.3 Å². The van der Waals surface area contributed by atoms with Crippen molar-refractivity contribution >= 4 is 0 Å². The average molecular weight is 304 g/mol. The molecule has 122 valence electrons. The van der Waals surface area contributed by atoms with Crippen LogP contribution in [0.15, 0.2) is 18.5 Å². The Hall–Kier alpha value is -1.04. The third-order valence-corrected chi connectivity index (χ3v) is 4.57. The van der Waals surface area contributed by atoms with Crippen LogP contribution in [0.25, 0.3) is 0 Å². The number of nitrogens with one attached hydrogen (secondary N) is 1. The zero-order chi connectivity index (χ0) is 15.6. The number of aromatic nitrogens is 2. The van der Waals surface area contributed by atoms with E-state index in [0.29, 0.717) is 18.0 Å². The molecule has 0 spiro atoms. The van der Waals surface area contributed by atoms with Gasteiger partial charge in [0.1, 0.15) is 5.82 Å². The minimum absolute atomic E-state index is 0.312. The van der Waals surface area contributed by atoms with Gasteiger partial charge in [0, 0.05) is 25.0 Å². The molecule has 1 aromatic rings. The Kier molecular flexibility index (Phi) is 4.76. The summed E-state index contributed by atoms with van der Waals surface area (Å²) in [5.41, 5.74) is -0.602. The molecule has 0 bridgehead atoms. The Morgan fingerprint density at radius 3 is 2.41 bits per heavy atom.